The van der Waals surface area contributed by atoms with Crippen molar-refractivity contribution in [1.29, 1.82) is 0 Å². The summed E-state index contributed by atoms with van der Waals surface area (Å²) in [6.07, 6.45) is 3.34. The van der Waals surface area contributed by atoms with Crippen LogP contribution in [-0.2, 0) is 4.74 Å². The number of furan rings is 1. The molecule has 2 rings (SSSR count). The normalized spacial score (nSPS) is 14.5. The molecule has 0 saturated carbocycles. The highest BCUT2D eigenvalue weighted by Gasteiger charge is 2.17. The summed E-state index contributed by atoms with van der Waals surface area (Å²) in [5, 5.41) is 5.35. The molecule has 1 N–H and O–H groups in total. The molecule has 0 fully saturated rings. The van der Waals surface area contributed by atoms with E-state index in [1.807, 2.05) is 18.2 Å². The van der Waals surface area contributed by atoms with E-state index in [1.165, 1.54) is 0 Å². The van der Waals surface area contributed by atoms with Crippen LogP contribution >= 0.6 is 11.6 Å². The van der Waals surface area contributed by atoms with Gasteiger partial charge in [-0.3, -0.25) is 0 Å². The van der Waals surface area contributed by atoms with Gasteiger partial charge in [0, 0.05) is 17.5 Å². The molecule has 0 aliphatic rings. The zero-order valence-corrected chi connectivity index (χ0v) is 13.7. The maximum Gasteiger partial charge on any atom is 0.134 e. The molecule has 2 aromatic rings. The Bertz CT molecular complexity index is 567. The predicted molar refractivity (Wildman–Crippen MR) is 88.0 cm³/mol. The van der Waals surface area contributed by atoms with Crippen LogP contribution in [0.5, 0.6) is 0 Å². The third kappa shape index (κ3) is 4.47. The molecule has 0 amide bonds. The standard InChI is InChI=1S/C17H24ClNO2/c1-4-9-19-15(7-5-12(2)20-3)17-11-13-10-14(18)6-8-16(13)21-17/h6,8,10-12,15,19H,4-5,7,9H2,1-3H3. The van der Waals surface area contributed by atoms with E-state index >= 15 is 0 Å². The highest BCUT2D eigenvalue weighted by molar-refractivity contribution is 6.31. The van der Waals surface area contributed by atoms with Crippen molar-refractivity contribution < 1.29 is 9.15 Å². The number of nitrogens with one attached hydrogen (secondary N) is 1. The third-order valence-electron chi connectivity index (χ3n) is 3.75. The largest absolute Gasteiger partial charge is 0.459 e. The average molecular weight is 310 g/mol. The number of methoxy groups -OCH3 is 1. The van der Waals surface area contributed by atoms with Crippen LogP contribution in [0, 0.1) is 0 Å². The molecule has 2 atom stereocenters. The van der Waals surface area contributed by atoms with Gasteiger partial charge in [-0.2, -0.15) is 0 Å². The van der Waals surface area contributed by atoms with Crippen LogP contribution in [-0.4, -0.2) is 19.8 Å². The second-order valence-electron chi connectivity index (χ2n) is 5.46. The van der Waals surface area contributed by atoms with Crippen LogP contribution in [0.3, 0.4) is 0 Å². The number of hydrogen-bond acceptors (Lipinski definition) is 3. The Labute approximate surface area is 131 Å². The summed E-state index contributed by atoms with van der Waals surface area (Å²) in [4.78, 5) is 0. The van der Waals surface area contributed by atoms with E-state index < -0.39 is 0 Å². The van der Waals surface area contributed by atoms with Crippen molar-refractivity contribution in [2.75, 3.05) is 13.7 Å². The molecule has 0 aliphatic carbocycles. The summed E-state index contributed by atoms with van der Waals surface area (Å²) in [7, 11) is 1.75. The van der Waals surface area contributed by atoms with Gasteiger partial charge in [0.1, 0.15) is 11.3 Å². The molecule has 1 heterocycles. The minimum absolute atomic E-state index is 0.216. The number of ether oxygens (including phenoxy) is 1. The second kappa shape index (κ2) is 7.83. The molecule has 0 bridgehead atoms. The smallest absolute Gasteiger partial charge is 0.134 e. The Morgan fingerprint density at radius 3 is 2.81 bits per heavy atom. The maximum atomic E-state index is 6.04. The van der Waals surface area contributed by atoms with E-state index in [0.717, 1.165) is 47.6 Å². The SMILES string of the molecule is CCCNC(CCC(C)OC)c1cc2cc(Cl)ccc2o1. The van der Waals surface area contributed by atoms with Crippen LogP contribution in [0.4, 0.5) is 0 Å². The molecule has 2 unspecified atom stereocenters. The summed E-state index contributed by atoms with van der Waals surface area (Å²) in [6.45, 7) is 5.24. The van der Waals surface area contributed by atoms with Crippen molar-refractivity contribution in [3.8, 4) is 0 Å². The van der Waals surface area contributed by atoms with Gasteiger partial charge >= 0.3 is 0 Å². The lowest BCUT2D eigenvalue weighted by Gasteiger charge is -2.18. The van der Waals surface area contributed by atoms with Crippen LogP contribution in [0.1, 0.15) is 44.9 Å². The molecule has 0 radical (unpaired) electrons. The minimum atomic E-state index is 0.216. The molecule has 1 aromatic heterocycles. The summed E-state index contributed by atoms with van der Waals surface area (Å²) in [6, 6.07) is 8.03. The zero-order valence-electron chi connectivity index (χ0n) is 13.0. The van der Waals surface area contributed by atoms with Gasteiger partial charge in [-0.25, -0.2) is 0 Å². The average Bonchev–Trinajstić information content (AvgIpc) is 2.89. The lowest BCUT2D eigenvalue weighted by molar-refractivity contribution is 0.105. The van der Waals surface area contributed by atoms with Gasteiger partial charge < -0.3 is 14.5 Å². The van der Waals surface area contributed by atoms with E-state index in [-0.39, 0.29) is 12.1 Å². The van der Waals surface area contributed by atoms with Crippen molar-refractivity contribution in [1.82, 2.24) is 5.32 Å². The van der Waals surface area contributed by atoms with Gasteiger partial charge in [0.05, 0.1) is 12.1 Å². The van der Waals surface area contributed by atoms with E-state index in [2.05, 4.69) is 25.2 Å². The van der Waals surface area contributed by atoms with E-state index in [4.69, 9.17) is 20.8 Å². The van der Waals surface area contributed by atoms with Crippen LogP contribution in [0.15, 0.2) is 28.7 Å². The Hall–Kier alpha value is -1.03. The topological polar surface area (TPSA) is 34.4 Å². The third-order valence-corrected chi connectivity index (χ3v) is 3.98. The van der Waals surface area contributed by atoms with Crippen LogP contribution < -0.4 is 5.32 Å². The monoisotopic (exact) mass is 309 g/mol. The predicted octanol–water partition coefficient (Wildman–Crippen LogP) is 4.94. The molecule has 4 heteroatoms. The quantitative estimate of drug-likeness (QED) is 0.750. The maximum absolute atomic E-state index is 6.04. The first-order valence-electron chi connectivity index (χ1n) is 7.59. The first-order chi connectivity index (χ1) is 10.1. The molecule has 116 valence electrons. The molecular formula is C17H24ClNO2. The fourth-order valence-corrected chi connectivity index (χ4v) is 2.57. The Balaban J connectivity index is 2.16. The number of hydrogen-bond donors (Lipinski definition) is 1. The first kappa shape index (κ1) is 16.3. The number of halogens is 1. The minimum Gasteiger partial charge on any atom is -0.459 e. The van der Waals surface area contributed by atoms with Gasteiger partial charge in [-0.05, 0) is 57.0 Å². The Kier molecular flexibility index (Phi) is 6.09. The van der Waals surface area contributed by atoms with Gasteiger partial charge in [0.15, 0.2) is 0 Å². The first-order valence-corrected chi connectivity index (χ1v) is 7.97. The van der Waals surface area contributed by atoms with Crippen LogP contribution in [0.2, 0.25) is 5.02 Å². The summed E-state index contributed by atoms with van der Waals surface area (Å²) in [5.41, 5.74) is 0.887. The molecule has 3 nitrogen and oxygen atoms in total. The van der Waals surface area contributed by atoms with Crippen molar-refractivity contribution in [2.45, 2.75) is 45.3 Å². The lowest BCUT2D eigenvalue weighted by Crippen LogP contribution is -2.23. The molecule has 0 saturated heterocycles. The van der Waals surface area contributed by atoms with E-state index in [9.17, 15) is 0 Å². The molecule has 21 heavy (non-hydrogen) atoms. The summed E-state index contributed by atoms with van der Waals surface area (Å²) >= 11 is 6.04. The Morgan fingerprint density at radius 2 is 2.10 bits per heavy atom. The van der Waals surface area contributed by atoms with Gasteiger partial charge in [0.2, 0.25) is 0 Å². The molecular weight excluding hydrogens is 286 g/mol. The molecule has 0 aliphatic heterocycles. The fraction of sp³-hybridized carbons (Fsp3) is 0.529. The van der Waals surface area contributed by atoms with Crippen molar-refractivity contribution in [2.24, 2.45) is 0 Å². The Morgan fingerprint density at radius 1 is 1.29 bits per heavy atom. The highest BCUT2D eigenvalue weighted by atomic mass is 35.5. The van der Waals surface area contributed by atoms with Crippen molar-refractivity contribution >= 4 is 22.6 Å². The number of benzene rings is 1. The zero-order chi connectivity index (χ0) is 15.2. The highest BCUT2D eigenvalue weighted by Crippen LogP contribution is 2.29. The number of fused-ring (bicyclic) bond motifs is 1. The fourth-order valence-electron chi connectivity index (χ4n) is 2.39. The molecule has 1 aromatic carbocycles. The van der Waals surface area contributed by atoms with Crippen molar-refractivity contribution in [3.63, 3.8) is 0 Å². The van der Waals surface area contributed by atoms with E-state index in [1.54, 1.807) is 7.11 Å². The summed E-state index contributed by atoms with van der Waals surface area (Å²) in [5.74, 6) is 0.976. The van der Waals surface area contributed by atoms with Crippen molar-refractivity contribution in [3.05, 3.63) is 35.0 Å². The second-order valence-corrected chi connectivity index (χ2v) is 5.90. The van der Waals surface area contributed by atoms with Gasteiger partial charge in [0.25, 0.3) is 0 Å². The summed E-state index contributed by atoms with van der Waals surface area (Å²) < 4.78 is 11.3. The lowest BCUT2D eigenvalue weighted by atomic mass is 10.1. The number of rotatable bonds is 8. The van der Waals surface area contributed by atoms with Gasteiger partial charge in [-0.15, -0.1) is 0 Å². The van der Waals surface area contributed by atoms with E-state index in [0.29, 0.717) is 0 Å². The van der Waals surface area contributed by atoms with Crippen LogP contribution in [0.25, 0.3) is 11.0 Å². The molecule has 0 spiro atoms. The van der Waals surface area contributed by atoms with Gasteiger partial charge in [-0.1, -0.05) is 18.5 Å².